The first-order valence-electron chi connectivity index (χ1n) is 12.3. The minimum Gasteiger partial charge on any atom is -0.354 e. The summed E-state index contributed by atoms with van der Waals surface area (Å²) in [7, 11) is 0. The summed E-state index contributed by atoms with van der Waals surface area (Å²) in [6, 6.07) is 15.4. The summed E-state index contributed by atoms with van der Waals surface area (Å²) in [5.41, 5.74) is 4.09. The van der Waals surface area contributed by atoms with Crippen LogP contribution in [0.4, 0.5) is 0 Å². The van der Waals surface area contributed by atoms with E-state index in [1.807, 2.05) is 0 Å². The smallest absolute Gasteiger partial charge is 0.0497 e. The highest BCUT2D eigenvalue weighted by Gasteiger charge is 2.07. The minimum absolute atomic E-state index is 0.934. The van der Waals surface area contributed by atoms with Crippen molar-refractivity contribution in [2.24, 2.45) is 5.92 Å². The van der Waals surface area contributed by atoms with E-state index >= 15 is 0 Å². The van der Waals surface area contributed by atoms with Gasteiger partial charge in [0.25, 0.3) is 0 Å². The predicted octanol–water partition coefficient (Wildman–Crippen LogP) is 9.20. The maximum atomic E-state index is 3.65. The molecule has 3 rings (SSSR count). The fourth-order valence-electron chi connectivity index (χ4n) is 4.72. The maximum Gasteiger partial charge on any atom is 0.0497 e. The van der Waals surface area contributed by atoms with E-state index in [1.54, 1.807) is 0 Å². The number of H-pyrrole nitrogens is 1. The maximum absolute atomic E-state index is 3.65. The third kappa shape index (κ3) is 6.63. The standard InChI is InChI=1S/C28H41N/c1-3-4-5-10-16-23(2)17-11-8-6-7-9-12-18-24-19-15-21-26-25-20-13-14-22-27(25)29-28(24)26/h13-15,19-23,29H,3-12,16-18H2,1-2H3. The second-order valence-electron chi connectivity index (χ2n) is 9.12. The number of para-hydroxylation sites is 2. The summed E-state index contributed by atoms with van der Waals surface area (Å²) in [6.07, 6.45) is 18.1. The van der Waals surface area contributed by atoms with Crippen molar-refractivity contribution in [1.82, 2.24) is 4.98 Å². The molecule has 1 unspecified atom stereocenters. The number of aryl methyl sites for hydroxylation is 1. The largest absolute Gasteiger partial charge is 0.354 e. The van der Waals surface area contributed by atoms with Crippen molar-refractivity contribution in [3.63, 3.8) is 0 Å². The van der Waals surface area contributed by atoms with Crippen molar-refractivity contribution in [1.29, 1.82) is 0 Å². The van der Waals surface area contributed by atoms with Gasteiger partial charge in [-0.3, -0.25) is 0 Å². The zero-order valence-electron chi connectivity index (χ0n) is 18.8. The summed E-state index contributed by atoms with van der Waals surface area (Å²) in [6.45, 7) is 4.75. The first-order valence-corrected chi connectivity index (χ1v) is 12.3. The van der Waals surface area contributed by atoms with Crippen molar-refractivity contribution in [2.45, 2.75) is 97.3 Å². The molecule has 0 saturated carbocycles. The van der Waals surface area contributed by atoms with Crippen LogP contribution in [0, 0.1) is 5.92 Å². The Labute approximate surface area is 178 Å². The summed E-state index contributed by atoms with van der Waals surface area (Å²) in [5.74, 6) is 0.934. The van der Waals surface area contributed by atoms with Gasteiger partial charge in [0, 0.05) is 21.8 Å². The van der Waals surface area contributed by atoms with Crippen LogP contribution >= 0.6 is 0 Å². The topological polar surface area (TPSA) is 15.8 Å². The molecule has 1 nitrogen and oxygen atoms in total. The van der Waals surface area contributed by atoms with Gasteiger partial charge >= 0.3 is 0 Å². The molecule has 1 heterocycles. The molecule has 1 aromatic heterocycles. The Morgan fingerprint density at radius 1 is 0.690 bits per heavy atom. The molecule has 2 aromatic carbocycles. The normalized spacial score (nSPS) is 12.8. The number of rotatable bonds is 14. The molecule has 0 amide bonds. The van der Waals surface area contributed by atoms with E-state index in [1.165, 1.54) is 111 Å². The Morgan fingerprint density at radius 2 is 1.34 bits per heavy atom. The van der Waals surface area contributed by atoms with E-state index in [2.05, 4.69) is 61.3 Å². The highest BCUT2D eigenvalue weighted by atomic mass is 14.7. The molecule has 0 bridgehead atoms. The van der Waals surface area contributed by atoms with Crippen molar-refractivity contribution in [2.75, 3.05) is 0 Å². The fourth-order valence-corrected chi connectivity index (χ4v) is 4.72. The number of fused-ring (bicyclic) bond motifs is 3. The Morgan fingerprint density at radius 3 is 2.14 bits per heavy atom. The highest BCUT2D eigenvalue weighted by molar-refractivity contribution is 6.08. The molecule has 158 valence electrons. The van der Waals surface area contributed by atoms with Gasteiger partial charge < -0.3 is 4.98 Å². The van der Waals surface area contributed by atoms with Gasteiger partial charge in [-0.25, -0.2) is 0 Å². The van der Waals surface area contributed by atoms with Crippen LogP contribution in [-0.2, 0) is 6.42 Å². The number of aromatic amines is 1. The molecule has 3 aromatic rings. The van der Waals surface area contributed by atoms with E-state index < -0.39 is 0 Å². The Kier molecular flexibility index (Phi) is 9.12. The lowest BCUT2D eigenvalue weighted by Crippen LogP contribution is -1.95. The Bertz CT molecular complexity index is 844. The van der Waals surface area contributed by atoms with Crippen LogP contribution in [-0.4, -0.2) is 4.98 Å². The lowest BCUT2D eigenvalue weighted by molar-refractivity contribution is 0.433. The highest BCUT2D eigenvalue weighted by Crippen LogP contribution is 2.28. The molecule has 1 N–H and O–H groups in total. The minimum atomic E-state index is 0.934. The second-order valence-corrected chi connectivity index (χ2v) is 9.12. The molecule has 0 fully saturated rings. The summed E-state index contributed by atoms with van der Waals surface area (Å²) in [5, 5.41) is 2.73. The second kappa shape index (κ2) is 12.1. The van der Waals surface area contributed by atoms with Gasteiger partial charge in [0.2, 0.25) is 0 Å². The van der Waals surface area contributed by atoms with Gasteiger partial charge in [-0.2, -0.15) is 0 Å². The van der Waals surface area contributed by atoms with Crippen LogP contribution in [0.25, 0.3) is 21.8 Å². The van der Waals surface area contributed by atoms with Crippen LogP contribution in [0.1, 0.15) is 96.5 Å². The summed E-state index contributed by atoms with van der Waals surface area (Å²) < 4.78 is 0. The molecule has 0 saturated heterocycles. The number of unbranched alkanes of at least 4 members (excludes halogenated alkanes) is 8. The fraction of sp³-hybridized carbons (Fsp3) is 0.571. The van der Waals surface area contributed by atoms with Crippen molar-refractivity contribution >= 4 is 21.8 Å². The summed E-state index contributed by atoms with van der Waals surface area (Å²) in [4.78, 5) is 3.65. The first-order chi connectivity index (χ1) is 14.3. The van der Waals surface area contributed by atoms with Crippen LogP contribution in [0.2, 0.25) is 0 Å². The third-order valence-corrected chi connectivity index (χ3v) is 6.57. The molecule has 1 heteroatoms. The lowest BCUT2D eigenvalue weighted by Gasteiger charge is -2.10. The average Bonchev–Trinajstić information content (AvgIpc) is 3.13. The van der Waals surface area contributed by atoms with Crippen LogP contribution < -0.4 is 0 Å². The molecule has 29 heavy (non-hydrogen) atoms. The van der Waals surface area contributed by atoms with Gasteiger partial charge in [0.05, 0.1) is 0 Å². The Balaban J connectivity index is 1.30. The van der Waals surface area contributed by atoms with Gasteiger partial charge in [-0.15, -0.1) is 0 Å². The van der Waals surface area contributed by atoms with Crippen molar-refractivity contribution in [3.8, 4) is 0 Å². The lowest BCUT2D eigenvalue weighted by atomic mass is 9.96. The van der Waals surface area contributed by atoms with Crippen molar-refractivity contribution in [3.05, 3.63) is 48.0 Å². The van der Waals surface area contributed by atoms with Crippen LogP contribution in [0.3, 0.4) is 0 Å². The van der Waals surface area contributed by atoms with Crippen LogP contribution in [0.15, 0.2) is 42.5 Å². The number of nitrogens with one attached hydrogen (secondary N) is 1. The van der Waals surface area contributed by atoms with Crippen molar-refractivity contribution < 1.29 is 0 Å². The van der Waals surface area contributed by atoms with Gasteiger partial charge in [-0.1, -0.05) is 121 Å². The number of hydrogen-bond acceptors (Lipinski definition) is 0. The third-order valence-electron chi connectivity index (χ3n) is 6.57. The van der Waals surface area contributed by atoms with E-state index in [-0.39, 0.29) is 0 Å². The predicted molar refractivity (Wildman–Crippen MR) is 130 cm³/mol. The first kappa shape index (κ1) is 21.9. The van der Waals surface area contributed by atoms with Crippen LogP contribution in [0.5, 0.6) is 0 Å². The molecular weight excluding hydrogens is 350 g/mol. The van der Waals surface area contributed by atoms with Gasteiger partial charge in [0.1, 0.15) is 0 Å². The zero-order chi connectivity index (χ0) is 20.3. The van der Waals surface area contributed by atoms with E-state index in [0.29, 0.717) is 0 Å². The van der Waals surface area contributed by atoms with E-state index in [9.17, 15) is 0 Å². The Hall–Kier alpha value is -1.76. The molecule has 0 spiro atoms. The number of hydrogen-bond donors (Lipinski definition) is 1. The van der Waals surface area contributed by atoms with Gasteiger partial charge in [-0.05, 0) is 30.4 Å². The SMILES string of the molecule is CCCCCCC(C)CCCCCCCCc1cccc2c1[nH]c1ccccc12. The zero-order valence-corrected chi connectivity index (χ0v) is 18.8. The molecular formula is C28H41N. The average molecular weight is 392 g/mol. The quantitative estimate of drug-likeness (QED) is 0.264. The molecule has 1 atom stereocenters. The van der Waals surface area contributed by atoms with Gasteiger partial charge in [0.15, 0.2) is 0 Å². The van der Waals surface area contributed by atoms with E-state index in [4.69, 9.17) is 0 Å². The molecule has 0 aliphatic carbocycles. The number of benzene rings is 2. The molecule has 0 radical (unpaired) electrons. The monoisotopic (exact) mass is 391 g/mol. The molecule has 0 aliphatic heterocycles. The summed E-state index contributed by atoms with van der Waals surface area (Å²) >= 11 is 0. The number of aromatic nitrogens is 1. The molecule has 0 aliphatic rings. The van der Waals surface area contributed by atoms with E-state index in [0.717, 1.165) is 5.92 Å².